The van der Waals surface area contributed by atoms with E-state index in [2.05, 4.69) is 20.2 Å². The molecule has 0 radical (unpaired) electrons. The van der Waals surface area contributed by atoms with Crippen molar-refractivity contribution in [2.75, 3.05) is 11.0 Å². The van der Waals surface area contributed by atoms with Crippen molar-refractivity contribution in [2.45, 2.75) is 62.5 Å². The molecule has 3 atom stereocenters. The van der Waals surface area contributed by atoms with Crippen LogP contribution in [-0.4, -0.2) is 49.7 Å². The molecule has 3 aromatic carbocycles. The molecule has 2 N–H and O–H groups in total. The molecule has 1 unspecified atom stereocenters. The van der Waals surface area contributed by atoms with E-state index in [-0.39, 0.29) is 67.6 Å². The van der Waals surface area contributed by atoms with Gasteiger partial charge in [-0.1, -0.05) is 17.7 Å². The van der Waals surface area contributed by atoms with Crippen LogP contribution in [0.25, 0.3) is 27.5 Å². The zero-order chi connectivity index (χ0) is 41.2. The molecule has 3 aromatic heterocycles. The highest BCUT2D eigenvalue weighted by atomic mass is 35.5. The second-order valence-corrected chi connectivity index (χ2v) is 17.2. The van der Waals surface area contributed by atoms with Gasteiger partial charge in [0, 0.05) is 31.0 Å². The molecule has 20 heteroatoms. The molecular weight excluding hydrogens is 814 g/mol. The maximum absolute atomic E-state index is 15.4. The van der Waals surface area contributed by atoms with Crippen LogP contribution in [0.4, 0.5) is 32.2 Å². The van der Waals surface area contributed by atoms with Gasteiger partial charge in [0.15, 0.2) is 5.82 Å². The number of hydrogen-bond acceptors (Lipinski definition) is 7. The summed E-state index contributed by atoms with van der Waals surface area (Å²) in [5.74, 6) is -8.55. The van der Waals surface area contributed by atoms with Crippen LogP contribution in [0, 0.1) is 17.6 Å². The highest BCUT2D eigenvalue weighted by molar-refractivity contribution is 7.92. The van der Waals surface area contributed by atoms with E-state index >= 15 is 8.78 Å². The lowest BCUT2D eigenvalue weighted by Crippen LogP contribution is -2.38. The summed E-state index contributed by atoms with van der Waals surface area (Å²) >= 11 is 6.60. The smallest absolute Gasteiger partial charge is 0.293 e. The quantitative estimate of drug-likeness (QED) is 0.135. The van der Waals surface area contributed by atoms with E-state index in [0.29, 0.717) is 10.7 Å². The summed E-state index contributed by atoms with van der Waals surface area (Å²) in [5, 5.41) is 11.0. The van der Waals surface area contributed by atoms with Crippen molar-refractivity contribution < 1.29 is 39.6 Å². The van der Waals surface area contributed by atoms with Crippen molar-refractivity contribution in [1.29, 1.82) is 0 Å². The summed E-state index contributed by atoms with van der Waals surface area (Å²) in [6, 6.07) is 9.16. The number of sulfonamides is 1. The van der Waals surface area contributed by atoms with Crippen LogP contribution < -0.4 is 15.6 Å². The molecule has 2 saturated carbocycles. The van der Waals surface area contributed by atoms with Crippen molar-refractivity contribution in [3.05, 3.63) is 109 Å². The van der Waals surface area contributed by atoms with Crippen LogP contribution in [0.15, 0.2) is 53.3 Å². The van der Waals surface area contributed by atoms with Crippen molar-refractivity contribution in [2.24, 2.45) is 13.0 Å². The van der Waals surface area contributed by atoms with E-state index in [4.69, 9.17) is 16.6 Å². The Morgan fingerprint density at radius 2 is 1.78 bits per heavy atom. The molecule has 0 saturated heterocycles. The molecule has 58 heavy (non-hydrogen) atoms. The minimum Gasteiger partial charge on any atom is -0.344 e. The van der Waals surface area contributed by atoms with Gasteiger partial charge in [-0.05, 0) is 78.6 Å². The Hall–Kier alpha value is -5.43. The lowest BCUT2D eigenvalue weighted by molar-refractivity contribution is -0.123. The number of fused-ring (bicyclic) bond motifs is 5. The van der Waals surface area contributed by atoms with Gasteiger partial charge >= 0.3 is 0 Å². The first-order chi connectivity index (χ1) is 27.4. The minimum atomic E-state index is -3.88. The molecule has 9 rings (SSSR count). The second kappa shape index (κ2) is 13.3. The Morgan fingerprint density at radius 1 is 1.05 bits per heavy atom. The number of aryl methyl sites for hydroxylation is 1. The predicted octanol–water partition coefficient (Wildman–Crippen LogP) is 6.90. The second-order valence-electron chi connectivity index (χ2n) is 15.1. The van der Waals surface area contributed by atoms with Crippen molar-refractivity contribution in [1.82, 2.24) is 34.4 Å². The molecule has 3 aliphatic rings. The Bertz CT molecular complexity index is 2890. The number of halogens is 7. The fourth-order valence-corrected chi connectivity index (χ4v) is 9.00. The number of carbonyl (C=O) groups is 1. The largest absolute Gasteiger partial charge is 0.344 e. The molecule has 3 aliphatic carbocycles. The van der Waals surface area contributed by atoms with Gasteiger partial charge in [-0.2, -0.15) is 19.0 Å². The zero-order valence-electron chi connectivity index (χ0n) is 30.4. The molecule has 0 aliphatic heterocycles. The number of benzene rings is 3. The summed E-state index contributed by atoms with van der Waals surface area (Å²) < 4.78 is 118. The van der Waals surface area contributed by atoms with E-state index in [0.717, 1.165) is 41.4 Å². The predicted molar refractivity (Wildman–Crippen MR) is 200 cm³/mol. The number of amides is 1. The Morgan fingerprint density at radius 3 is 2.45 bits per heavy atom. The zero-order valence-corrected chi connectivity index (χ0v) is 32.0. The number of carbonyl (C=O) groups excluding carboxylic acids is 1. The van der Waals surface area contributed by atoms with Crippen LogP contribution in [0.2, 0.25) is 5.02 Å². The van der Waals surface area contributed by atoms with E-state index in [1.54, 1.807) is 18.2 Å². The number of aromatic nitrogens is 6. The van der Waals surface area contributed by atoms with Crippen LogP contribution in [0.3, 0.4) is 0 Å². The molecule has 12 nitrogen and oxygen atoms in total. The van der Waals surface area contributed by atoms with Gasteiger partial charge in [-0.3, -0.25) is 28.2 Å². The van der Waals surface area contributed by atoms with Crippen LogP contribution in [0.5, 0.6) is 0 Å². The molecule has 2 fully saturated rings. The number of rotatable bonds is 11. The van der Waals surface area contributed by atoms with Crippen molar-refractivity contribution in [3.8, 4) is 5.69 Å². The topological polar surface area (TPSA) is 146 Å². The highest BCUT2D eigenvalue weighted by Crippen LogP contribution is 2.68. The number of nitrogens with zero attached hydrogens (tertiary/aromatic N) is 6. The maximum atomic E-state index is 15.4. The van der Waals surface area contributed by atoms with Gasteiger partial charge in [-0.25, -0.2) is 31.0 Å². The third-order valence-electron chi connectivity index (χ3n) is 10.9. The Balaban J connectivity index is 1.24. The Kier molecular flexibility index (Phi) is 8.74. The number of alkyl halides is 4. The van der Waals surface area contributed by atoms with Gasteiger partial charge in [-0.15, -0.1) is 0 Å². The average Bonchev–Trinajstić information content (AvgIpc) is 4.05. The third kappa shape index (κ3) is 6.47. The summed E-state index contributed by atoms with van der Waals surface area (Å²) in [5.41, 5.74) is -1.21. The lowest BCUT2D eigenvalue weighted by atomic mass is 10.0. The first-order valence-corrected chi connectivity index (χ1v) is 20.4. The molecule has 3 heterocycles. The van der Waals surface area contributed by atoms with E-state index in [9.17, 15) is 35.6 Å². The number of nitrogens with one attached hydrogen (secondary N) is 2. The highest BCUT2D eigenvalue weighted by Gasteiger charge is 2.67. The van der Waals surface area contributed by atoms with Crippen molar-refractivity contribution >= 4 is 55.2 Å². The van der Waals surface area contributed by atoms with Gasteiger partial charge in [0.1, 0.15) is 35.4 Å². The summed E-state index contributed by atoms with van der Waals surface area (Å²) in [4.78, 5) is 33.7. The molecule has 0 spiro atoms. The average molecular weight is 845 g/mol. The molecule has 302 valence electrons. The SMILES string of the molecule is Cn1nc(NS(C)(=O)=O)c2c(Cl)ccc(-n3c(C(Cc4cc(F)cc(F)c4)NC(=O)Cn4nc(C(F)F)c5c4C(F)(F)[C@@H]4C[C@H]54)nc4cc(C5CC5)ccc4c3=O)c21. The van der Waals surface area contributed by atoms with Crippen LogP contribution in [-0.2, 0) is 40.8 Å². The molecule has 1 amide bonds. The van der Waals surface area contributed by atoms with Crippen molar-refractivity contribution in [3.63, 3.8) is 0 Å². The number of anilines is 1. The summed E-state index contributed by atoms with van der Waals surface area (Å²) in [6.45, 7) is -0.949. The number of hydrogen-bond donors (Lipinski definition) is 2. The van der Waals surface area contributed by atoms with E-state index in [1.165, 1.54) is 23.9 Å². The normalized spacial score (nSPS) is 18.8. The maximum Gasteiger partial charge on any atom is 0.293 e. The van der Waals surface area contributed by atoms with Crippen LogP contribution in [0.1, 0.15) is 77.5 Å². The van der Waals surface area contributed by atoms with Crippen LogP contribution >= 0.6 is 11.6 Å². The minimum absolute atomic E-state index is 0.00319. The summed E-state index contributed by atoms with van der Waals surface area (Å²) in [6.07, 6.45) is -0.845. The fraction of sp³-hybridized carbons (Fsp3) is 0.342. The van der Waals surface area contributed by atoms with Gasteiger partial charge < -0.3 is 5.32 Å². The van der Waals surface area contributed by atoms with E-state index < -0.39 is 87.7 Å². The first-order valence-electron chi connectivity index (χ1n) is 18.1. The van der Waals surface area contributed by atoms with Gasteiger partial charge in [0.25, 0.3) is 17.9 Å². The molecular formula is C38H31ClF6N8O4S. The van der Waals surface area contributed by atoms with E-state index in [1.807, 2.05) is 0 Å². The molecule has 6 aromatic rings. The standard InChI is InChI=1S/C38H31ClF6N8O4S/c1-51-32-27(8-7-24(39)30(32)35(49-51)50-58(2,56)57)53-36(47-25-12-18(17-3-4-17)5-6-21(25)37(53)55)26(11-16-9-19(40)13-20(41)10-16)46-28(54)15-52-33-29(31(48-52)34(42)43)22-14-23(22)38(33,44)45/h5-10,12-13,17,22-23,26,34H,3-4,11,14-15H2,1-2H3,(H,46,54)(H,49,50)/t22-,23+,26?/m0/s1. The van der Waals surface area contributed by atoms with Gasteiger partial charge in [0.05, 0.1) is 44.8 Å². The van der Waals surface area contributed by atoms with Gasteiger partial charge in [0.2, 0.25) is 15.9 Å². The molecule has 0 bridgehead atoms. The Labute approximate surface area is 329 Å². The first kappa shape index (κ1) is 38.1. The lowest BCUT2D eigenvalue weighted by Gasteiger charge is -2.24. The monoisotopic (exact) mass is 844 g/mol. The fourth-order valence-electron chi connectivity index (χ4n) is 8.27. The third-order valence-corrected chi connectivity index (χ3v) is 11.8. The summed E-state index contributed by atoms with van der Waals surface area (Å²) in [7, 11) is -2.41.